The summed E-state index contributed by atoms with van der Waals surface area (Å²) in [5.41, 5.74) is 0. The summed E-state index contributed by atoms with van der Waals surface area (Å²) in [5.74, 6) is 0. The molecule has 3 nitrogen and oxygen atoms in total. The van der Waals surface area contributed by atoms with Gasteiger partial charge in [-0.1, -0.05) is 0 Å². The van der Waals surface area contributed by atoms with E-state index in [0.29, 0.717) is 24.2 Å². The number of hydrogen-bond acceptors (Lipinski definition) is 3. The van der Waals surface area contributed by atoms with Crippen LogP contribution in [0.3, 0.4) is 0 Å². The van der Waals surface area contributed by atoms with Crippen molar-refractivity contribution in [2.24, 2.45) is 0 Å². The molecule has 3 heteroatoms. The Balaban J connectivity index is 3.68. The molecule has 0 amide bonds. The van der Waals surface area contributed by atoms with Gasteiger partial charge in [0.25, 0.3) is 0 Å². The minimum Gasteiger partial charge on any atom is -0.317 e. The molecule has 21 heavy (non-hydrogen) atoms. The summed E-state index contributed by atoms with van der Waals surface area (Å²) < 4.78 is 0. The van der Waals surface area contributed by atoms with Crippen molar-refractivity contribution in [3.05, 3.63) is 0 Å². The molecule has 0 saturated carbocycles. The van der Waals surface area contributed by atoms with Crippen LogP contribution in [0.15, 0.2) is 0 Å². The molecule has 0 aliphatic heterocycles. The van der Waals surface area contributed by atoms with Gasteiger partial charge in [0.1, 0.15) is 0 Å². The molecule has 0 bridgehead atoms. The van der Waals surface area contributed by atoms with E-state index in [1.54, 1.807) is 0 Å². The second kappa shape index (κ2) is 11.4. The van der Waals surface area contributed by atoms with E-state index in [1.807, 2.05) is 0 Å². The predicted octanol–water partition coefficient (Wildman–Crippen LogP) is 3.59. The Bertz CT molecular complexity index is 197. The van der Waals surface area contributed by atoms with Crippen molar-refractivity contribution in [3.63, 3.8) is 0 Å². The van der Waals surface area contributed by atoms with Gasteiger partial charge in [-0.2, -0.15) is 0 Å². The minimum atomic E-state index is 0.649. The fourth-order valence-corrected chi connectivity index (χ4v) is 3.12. The third-order valence-corrected chi connectivity index (χ3v) is 4.19. The number of nitrogens with one attached hydrogen (secondary N) is 1. The molecule has 0 radical (unpaired) electrons. The molecule has 0 aliphatic rings. The lowest BCUT2D eigenvalue weighted by molar-refractivity contribution is 0.169. The summed E-state index contributed by atoms with van der Waals surface area (Å²) in [6.07, 6.45) is 2.49. The van der Waals surface area contributed by atoms with Crippen LogP contribution in [0.25, 0.3) is 0 Å². The largest absolute Gasteiger partial charge is 0.317 e. The lowest BCUT2D eigenvalue weighted by Gasteiger charge is -2.31. The molecule has 0 aromatic heterocycles. The highest BCUT2D eigenvalue weighted by molar-refractivity contribution is 4.69. The first-order valence-electron chi connectivity index (χ1n) is 8.99. The zero-order valence-electron chi connectivity index (χ0n) is 15.9. The van der Waals surface area contributed by atoms with Crippen LogP contribution in [0.2, 0.25) is 0 Å². The monoisotopic (exact) mass is 299 g/mol. The molecule has 0 spiro atoms. The van der Waals surface area contributed by atoms with Crippen LogP contribution in [0, 0.1) is 0 Å². The standard InChI is InChI=1S/C18H41N3/c1-15(2)20(16(3)4)13-9-11-19-12-10-14-21(17(5)6)18(7)8/h15-19H,9-14H2,1-8H3. The van der Waals surface area contributed by atoms with Crippen molar-refractivity contribution in [3.8, 4) is 0 Å². The average molecular weight is 300 g/mol. The number of nitrogens with zero attached hydrogens (tertiary/aromatic N) is 2. The van der Waals surface area contributed by atoms with E-state index in [0.717, 1.165) is 13.1 Å². The third kappa shape index (κ3) is 9.49. The van der Waals surface area contributed by atoms with Gasteiger partial charge in [0.2, 0.25) is 0 Å². The van der Waals surface area contributed by atoms with Gasteiger partial charge in [-0.15, -0.1) is 0 Å². The zero-order chi connectivity index (χ0) is 16.4. The van der Waals surface area contributed by atoms with Crippen molar-refractivity contribution in [2.45, 2.75) is 92.4 Å². The normalized spacial score (nSPS) is 12.9. The number of hydrogen-bond donors (Lipinski definition) is 1. The summed E-state index contributed by atoms with van der Waals surface area (Å²) in [4.78, 5) is 5.14. The maximum atomic E-state index is 3.60. The maximum absolute atomic E-state index is 3.60. The van der Waals surface area contributed by atoms with Crippen LogP contribution in [0.4, 0.5) is 0 Å². The van der Waals surface area contributed by atoms with Gasteiger partial charge in [0.15, 0.2) is 0 Å². The SMILES string of the molecule is CC(C)N(CCCNCCCN(C(C)C)C(C)C)C(C)C. The van der Waals surface area contributed by atoms with Gasteiger partial charge >= 0.3 is 0 Å². The van der Waals surface area contributed by atoms with Gasteiger partial charge in [0, 0.05) is 24.2 Å². The first-order valence-corrected chi connectivity index (χ1v) is 8.99. The van der Waals surface area contributed by atoms with E-state index in [2.05, 4.69) is 70.5 Å². The van der Waals surface area contributed by atoms with Gasteiger partial charge in [0.05, 0.1) is 0 Å². The van der Waals surface area contributed by atoms with Crippen molar-refractivity contribution < 1.29 is 0 Å². The minimum absolute atomic E-state index is 0.649. The van der Waals surface area contributed by atoms with Crippen LogP contribution in [0.5, 0.6) is 0 Å². The van der Waals surface area contributed by atoms with E-state index in [1.165, 1.54) is 25.9 Å². The molecule has 0 fully saturated rings. The first-order chi connectivity index (χ1) is 9.77. The fourth-order valence-electron chi connectivity index (χ4n) is 3.12. The van der Waals surface area contributed by atoms with E-state index in [9.17, 15) is 0 Å². The lowest BCUT2D eigenvalue weighted by atomic mass is 10.2. The van der Waals surface area contributed by atoms with Gasteiger partial charge in [-0.05, 0) is 94.4 Å². The van der Waals surface area contributed by atoms with Crippen LogP contribution in [-0.4, -0.2) is 60.1 Å². The van der Waals surface area contributed by atoms with E-state index >= 15 is 0 Å². The number of rotatable bonds is 12. The van der Waals surface area contributed by atoms with Crippen molar-refractivity contribution in [1.82, 2.24) is 15.1 Å². The van der Waals surface area contributed by atoms with Crippen LogP contribution in [0.1, 0.15) is 68.2 Å². The molecule has 0 aromatic rings. The molecule has 0 aromatic carbocycles. The van der Waals surface area contributed by atoms with Crippen LogP contribution in [-0.2, 0) is 0 Å². The predicted molar refractivity (Wildman–Crippen MR) is 96.1 cm³/mol. The van der Waals surface area contributed by atoms with E-state index in [-0.39, 0.29) is 0 Å². The highest BCUT2D eigenvalue weighted by Crippen LogP contribution is 2.06. The Morgan fingerprint density at radius 2 is 0.857 bits per heavy atom. The molecule has 0 rings (SSSR count). The Kier molecular flexibility index (Phi) is 11.4. The molecule has 0 atom stereocenters. The fraction of sp³-hybridized carbons (Fsp3) is 1.00. The molecule has 0 unspecified atom stereocenters. The summed E-state index contributed by atoms with van der Waals surface area (Å²) in [6, 6.07) is 2.59. The topological polar surface area (TPSA) is 18.5 Å². The average Bonchev–Trinajstić information content (AvgIpc) is 2.34. The van der Waals surface area contributed by atoms with E-state index in [4.69, 9.17) is 0 Å². The summed E-state index contributed by atoms with van der Waals surface area (Å²) in [7, 11) is 0. The van der Waals surface area contributed by atoms with E-state index < -0.39 is 0 Å². The van der Waals surface area contributed by atoms with Gasteiger partial charge in [-0.25, -0.2) is 0 Å². The Hall–Kier alpha value is -0.120. The molecule has 0 saturated heterocycles. The Morgan fingerprint density at radius 3 is 1.10 bits per heavy atom. The highest BCUT2D eigenvalue weighted by atomic mass is 15.2. The van der Waals surface area contributed by atoms with Crippen molar-refractivity contribution in [1.29, 1.82) is 0 Å². The first kappa shape index (κ1) is 20.9. The second-order valence-corrected chi connectivity index (χ2v) is 7.31. The summed E-state index contributed by atoms with van der Waals surface area (Å²) in [6.45, 7) is 23.0. The van der Waals surface area contributed by atoms with Crippen LogP contribution >= 0.6 is 0 Å². The van der Waals surface area contributed by atoms with Crippen molar-refractivity contribution >= 4 is 0 Å². The quantitative estimate of drug-likeness (QED) is 0.556. The summed E-state index contributed by atoms with van der Waals surface area (Å²) in [5, 5.41) is 3.60. The third-order valence-electron chi connectivity index (χ3n) is 4.19. The van der Waals surface area contributed by atoms with Crippen molar-refractivity contribution in [2.75, 3.05) is 26.2 Å². The maximum Gasteiger partial charge on any atom is 0.00413 e. The Labute approximate surface area is 134 Å². The smallest absolute Gasteiger partial charge is 0.00413 e. The molecular formula is C18H41N3. The second-order valence-electron chi connectivity index (χ2n) is 7.31. The molecular weight excluding hydrogens is 258 g/mol. The highest BCUT2D eigenvalue weighted by Gasteiger charge is 2.13. The Morgan fingerprint density at radius 1 is 0.571 bits per heavy atom. The van der Waals surface area contributed by atoms with Crippen LogP contribution < -0.4 is 5.32 Å². The van der Waals surface area contributed by atoms with Gasteiger partial charge < -0.3 is 5.32 Å². The molecule has 128 valence electrons. The molecule has 1 N–H and O–H groups in total. The van der Waals surface area contributed by atoms with Gasteiger partial charge in [-0.3, -0.25) is 9.80 Å². The summed E-state index contributed by atoms with van der Waals surface area (Å²) >= 11 is 0. The lowest BCUT2D eigenvalue weighted by Crippen LogP contribution is -2.39. The zero-order valence-corrected chi connectivity index (χ0v) is 15.9. The molecule has 0 aliphatic carbocycles. The molecule has 0 heterocycles.